The van der Waals surface area contributed by atoms with Crippen LogP contribution in [-0.4, -0.2) is 24.8 Å². The third kappa shape index (κ3) is 5.27. The average Bonchev–Trinajstić information content (AvgIpc) is 3.26. The lowest BCUT2D eigenvalue weighted by molar-refractivity contribution is 0.0941. The zero-order valence-electron chi connectivity index (χ0n) is 15.2. The first-order valence-corrected chi connectivity index (χ1v) is 9.87. The van der Waals surface area contributed by atoms with Gasteiger partial charge in [-0.15, -0.1) is 11.3 Å². The summed E-state index contributed by atoms with van der Waals surface area (Å²) in [6.45, 7) is 0.960. The van der Waals surface area contributed by atoms with Crippen LogP contribution in [-0.2, 0) is 0 Å². The van der Waals surface area contributed by atoms with Gasteiger partial charge in [0.1, 0.15) is 11.6 Å². The van der Waals surface area contributed by atoms with E-state index in [1.54, 1.807) is 42.5 Å². The molecule has 0 saturated heterocycles. The summed E-state index contributed by atoms with van der Waals surface area (Å²) in [5, 5.41) is 4.69. The number of ketones is 1. The Morgan fingerprint density at radius 2 is 1.68 bits per heavy atom. The first-order chi connectivity index (χ1) is 13.6. The van der Waals surface area contributed by atoms with Gasteiger partial charge in [-0.05, 0) is 54.6 Å². The third-order valence-electron chi connectivity index (χ3n) is 4.10. The van der Waals surface area contributed by atoms with E-state index < -0.39 is 0 Å². The SMILES string of the molecule is O=C(NCCCCOc1ccc(F)cc1)c1ccccc1C(=O)c1cccs1. The lowest BCUT2D eigenvalue weighted by Gasteiger charge is -2.09. The molecule has 3 rings (SSSR count). The number of nitrogens with one attached hydrogen (secondary N) is 1. The predicted octanol–water partition coefficient (Wildman–Crippen LogP) is 4.71. The van der Waals surface area contributed by atoms with Crippen LogP contribution in [0.1, 0.15) is 38.4 Å². The van der Waals surface area contributed by atoms with E-state index in [1.807, 2.05) is 11.4 Å². The van der Waals surface area contributed by atoms with E-state index in [2.05, 4.69) is 5.32 Å². The Bertz CT molecular complexity index is 923. The topological polar surface area (TPSA) is 55.4 Å². The summed E-state index contributed by atoms with van der Waals surface area (Å²) in [6.07, 6.45) is 1.47. The van der Waals surface area contributed by atoms with E-state index in [1.165, 1.54) is 23.5 Å². The Kier molecular flexibility index (Phi) is 6.92. The van der Waals surface area contributed by atoms with E-state index >= 15 is 0 Å². The van der Waals surface area contributed by atoms with Crippen molar-refractivity contribution < 1.29 is 18.7 Å². The van der Waals surface area contributed by atoms with Gasteiger partial charge in [0.2, 0.25) is 5.78 Å². The van der Waals surface area contributed by atoms with Crippen LogP contribution in [0, 0.1) is 5.82 Å². The highest BCUT2D eigenvalue weighted by Gasteiger charge is 2.18. The molecule has 144 valence electrons. The number of halogens is 1. The normalized spacial score (nSPS) is 10.5. The molecular formula is C22H20FNO3S. The van der Waals surface area contributed by atoms with Crippen LogP contribution < -0.4 is 10.1 Å². The van der Waals surface area contributed by atoms with Crippen molar-refractivity contribution in [1.29, 1.82) is 0 Å². The van der Waals surface area contributed by atoms with Crippen molar-refractivity contribution in [2.75, 3.05) is 13.2 Å². The van der Waals surface area contributed by atoms with Gasteiger partial charge < -0.3 is 10.1 Å². The van der Waals surface area contributed by atoms with Gasteiger partial charge in [0.15, 0.2) is 0 Å². The van der Waals surface area contributed by atoms with Crippen LogP contribution in [0.15, 0.2) is 66.0 Å². The Morgan fingerprint density at radius 1 is 0.929 bits per heavy atom. The average molecular weight is 397 g/mol. The van der Waals surface area contributed by atoms with Crippen molar-refractivity contribution in [3.05, 3.63) is 87.9 Å². The first-order valence-electron chi connectivity index (χ1n) is 8.99. The van der Waals surface area contributed by atoms with Gasteiger partial charge in [-0.25, -0.2) is 4.39 Å². The highest BCUT2D eigenvalue weighted by atomic mass is 32.1. The summed E-state index contributed by atoms with van der Waals surface area (Å²) in [5.74, 6) is -0.0900. The number of amides is 1. The number of carbonyl (C=O) groups is 2. The highest BCUT2D eigenvalue weighted by molar-refractivity contribution is 7.12. The molecule has 3 aromatic rings. The minimum atomic E-state index is -0.298. The minimum absolute atomic E-state index is 0.145. The van der Waals surface area contributed by atoms with Gasteiger partial charge >= 0.3 is 0 Å². The van der Waals surface area contributed by atoms with Crippen LogP contribution in [0.2, 0.25) is 0 Å². The molecule has 1 amide bonds. The molecule has 0 aliphatic carbocycles. The summed E-state index contributed by atoms with van der Waals surface area (Å²) in [7, 11) is 0. The molecule has 0 fully saturated rings. The Morgan fingerprint density at radius 3 is 2.39 bits per heavy atom. The van der Waals surface area contributed by atoms with Crippen molar-refractivity contribution in [3.63, 3.8) is 0 Å². The van der Waals surface area contributed by atoms with Crippen LogP contribution >= 0.6 is 11.3 Å². The Hall–Kier alpha value is -2.99. The largest absolute Gasteiger partial charge is 0.494 e. The molecule has 0 unspecified atom stereocenters. The quantitative estimate of drug-likeness (QED) is 0.420. The molecule has 0 aliphatic heterocycles. The standard InChI is InChI=1S/C22H20FNO3S/c23-16-9-11-17(12-10-16)27-14-4-3-13-24-22(26)19-7-2-1-6-18(19)21(25)20-8-5-15-28-20/h1-2,5-12,15H,3-4,13-14H2,(H,24,26). The molecule has 1 aromatic heterocycles. The number of hydrogen-bond acceptors (Lipinski definition) is 4. The minimum Gasteiger partial charge on any atom is -0.494 e. The molecule has 0 spiro atoms. The summed E-state index contributed by atoms with van der Waals surface area (Å²) in [6, 6.07) is 16.3. The van der Waals surface area contributed by atoms with Crippen molar-refractivity contribution >= 4 is 23.0 Å². The number of benzene rings is 2. The fourth-order valence-electron chi connectivity index (χ4n) is 2.66. The number of thiophene rings is 1. The van der Waals surface area contributed by atoms with Crippen LogP contribution in [0.3, 0.4) is 0 Å². The smallest absolute Gasteiger partial charge is 0.252 e. The second kappa shape index (κ2) is 9.80. The zero-order valence-corrected chi connectivity index (χ0v) is 16.0. The molecule has 2 aromatic carbocycles. The number of unbranched alkanes of at least 4 members (excludes halogenated alkanes) is 1. The van der Waals surface area contributed by atoms with E-state index in [0.717, 1.165) is 12.8 Å². The van der Waals surface area contributed by atoms with Gasteiger partial charge in [-0.2, -0.15) is 0 Å². The summed E-state index contributed by atoms with van der Waals surface area (Å²) in [5.41, 5.74) is 0.783. The zero-order chi connectivity index (χ0) is 19.8. The van der Waals surface area contributed by atoms with Gasteiger partial charge in [0.25, 0.3) is 5.91 Å². The monoisotopic (exact) mass is 397 g/mol. The van der Waals surface area contributed by atoms with Crippen LogP contribution in [0.4, 0.5) is 4.39 Å². The highest BCUT2D eigenvalue weighted by Crippen LogP contribution is 2.18. The van der Waals surface area contributed by atoms with E-state index in [0.29, 0.717) is 34.9 Å². The van der Waals surface area contributed by atoms with Crippen molar-refractivity contribution in [1.82, 2.24) is 5.32 Å². The molecule has 4 nitrogen and oxygen atoms in total. The fourth-order valence-corrected chi connectivity index (χ4v) is 3.34. The van der Waals surface area contributed by atoms with E-state index in [4.69, 9.17) is 4.74 Å². The van der Waals surface area contributed by atoms with E-state index in [-0.39, 0.29) is 17.5 Å². The molecule has 0 saturated carbocycles. The Balaban J connectivity index is 1.46. The molecular weight excluding hydrogens is 377 g/mol. The maximum absolute atomic E-state index is 12.8. The summed E-state index contributed by atoms with van der Waals surface area (Å²) < 4.78 is 18.4. The molecule has 6 heteroatoms. The first kappa shape index (κ1) is 19.8. The second-order valence-corrected chi connectivity index (χ2v) is 7.07. The van der Waals surface area contributed by atoms with Crippen LogP contribution in [0.5, 0.6) is 5.75 Å². The van der Waals surface area contributed by atoms with Crippen LogP contribution in [0.25, 0.3) is 0 Å². The maximum atomic E-state index is 12.8. The number of hydrogen-bond donors (Lipinski definition) is 1. The fraction of sp³-hybridized carbons (Fsp3) is 0.182. The van der Waals surface area contributed by atoms with E-state index in [9.17, 15) is 14.0 Å². The number of ether oxygens (including phenoxy) is 1. The predicted molar refractivity (Wildman–Crippen MR) is 108 cm³/mol. The third-order valence-corrected chi connectivity index (χ3v) is 4.97. The van der Waals surface area contributed by atoms with Crippen molar-refractivity contribution in [2.45, 2.75) is 12.8 Å². The van der Waals surface area contributed by atoms with Gasteiger partial charge in [0, 0.05) is 12.1 Å². The molecule has 0 bridgehead atoms. The van der Waals surface area contributed by atoms with Gasteiger partial charge in [0.05, 0.1) is 17.0 Å². The number of carbonyl (C=O) groups excluding carboxylic acids is 2. The molecule has 1 heterocycles. The molecule has 0 atom stereocenters. The molecule has 1 N–H and O–H groups in total. The molecule has 0 aliphatic rings. The second-order valence-electron chi connectivity index (χ2n) is 6.12. The lowest BCUT2D eigenvalue weighted by atomic mass is 10.0. The molecule has 0 radical (unpaired) electrons. The Labute approximate surface area is 167 Å². The lowest BCUT2D eigenvalue weighted by Crippen LogP contribution is -2.26. The van der Waals surface area contributed by atoms with Gasteiger partial charge in [-0.1, -0.05) is 24.3 Å². The maximum Gasteiger partial charge on any atom is 0.252 e. The summed E-state index contributed by atoms with van der Waals surface area (Å²) in [4.78, 5) is 25.7. The number of rotatable bonds is 9. The van der Waals surface area contributed by atoms with Crippen molar-refractivity contribution in [2.24, 2.45) is 0 Å². The molecule has 28 heavy (non-hydrogen) atoms. The summed E-state index contributed by atoms with van der Waals surface area (Å²) >= 11 is 1.36. The van der Waals surface area contributed by atoms with Gasteiger partial charge in [-0.3, -0.25) is 9.59 Å². The van der Waals surface area contributed by atoms with Crippen molar-refractivity contribution in [3.8, 4) is 5.75 Å².